The Bertz CT molecular complexity index is 1300. The van der Waals surface area contributed by atoms with E-state index >= 15 is 0 Å². The average molecular weight is 484 g/mol. The SMILES string of the molecule is NC(=O)Cn1cc(NC(=O)c2cnn3ccc(N[C@@H]4CCCC[C@@H]4NC(=O)O)nc23)c(C(N)=O)n1. The standard InChI is InChI=1S/C20H24N10O5/c21-14(31)9-29-8-13(16(28-29)17(22)32)25-19(33)10-7-23-30-6-5-15(27-18(10)30)24-11-3-1-2-4-12(11)26-20(34)35/h5-8,11-12,26H,1-4,9H2,(H2,21,31)(H2,22,32)(H,24,27)(H,25,33)(H,34,35)/t11-,12+/m1/s1. The molecule has 0 bridgehead atoms. The number of carbonyl (C=O) groups excluding carboxylic acids is 3. The van der Waals surface area contributed by atoms with E-state index in [0.717, 1.165) is 23.9 Å². The fraction of sp³-hybridized carbons (Fsp3) is 0.350. The summed E-state index contributed by atoms with van der Waals surface area (Å²) in [6.07, 6.45) is 6.45. The van der Waals surface area contributed by atoms with Gasteiger partial charge in [0.05, 0.1) is 17.9 Å². The number of amides is 4. The maximum atomic E-state index is 13.0. The molecular formula is C20H24N10O5. The summed E-state index contributed by atoms with van der Waals surface area (Å²) >= 11 is 0. The maximum absolute atomic E-state index is 13.0. The van der Waals surface area contributed by atoms with Crippen LogP contribution in [0.3, 0.4) is 0 Å². The third-order valence-electron chi connectivity index (χ3n) is 5.58. The molecular weight excluding hydrogens is 460 g/mol. The van der Waals surface area contributed by atoms with Crippen LogP contribution in [0.5, 0.6) is 0 Å². The average Bonchev–Trinajstić information content (AvgIpc) is 3.38. The van der Waals surface area contributed by atoms with Gasteiger partial charge in [-0.2, -0.15) is 10.2 Å². The van der Waals surface area contributed by atoms with Crippen molar-refractivity contribution in [1.82, 2.24) is 29.7 Å². The minimum Gasteiger partial charge on any atom is -0.465 e. The summed E-state index contributed by atoms with van der Waals surface area (Å²) < 4.78 is 2.50. The van der Waals surface area contributed by atoms with Crippen molar-refractivity contribution in [3.8, 4) is 0 Å². The Labute approximate surface area is 197 Å². The largest absolute Gasteiger partial charge is 0.465 e. The van der Waals surface area contributed by atoms with Crippen molar-refractivity contribution in [3.05, 3.63) is 35.9 Å². The molecule has 1 fully saturated rings. The number of nitrogens with one attached hydrogen (secondary N) is 3. The van der Waals surface area contributed by atoms with Crippen molar-refractivity contribution in [2.24, 2.45) is 11.5 Å². The monoisotopic (exact) mass is 484 g/mol. The lowest BCUT2D eigenvalue weighted by Crippen LogP contribution is -2.48. The minimum absolute atomic E-state index is 0.00201. The van der Waals surface area contributed by atoms with Gasteiger partial charge in [0.1, 0.15) is 17.9 Å². The van der Waals surface area contributed by atoms with Gasteiger partial charge < -0.3 is 32.5 Å². The van der Waals surface area contributed by atoms with E-state index in [9.17, 15) is 19.2 Å². The van der Waals surface area contributed by atoms with E-state index < -0.39 is 23.8 Å². The lowest BCUT2D eigenvalue weighted by Gasteiger charge is -2.32. The molecule has 4 rings (SSSR count). The molecule has 0 aliphatic heterocycles. The highest BCUT2D eigenvalue weighted by Crippen LogP contribution is 2.23. The Kier molecular flexibility index (Phi) is 6.48. The second-order valence-corrected chi connectivity index (χ2v) is 8.10. The number of hydrogen-bond acceptors (Lipinski definition) is 8. The summed E-state index contributed by atoms with van der Waals surface area (Å²) in [5, 5.41) is 25.5. The fourth-order valence-electron chi connectivity index (χ4n) is 4.06. The molecule has 2 atom stereocenters. The number of carbonyl (C=O) groups is 4. The molecule has 0 spiro atoms. The van der Waals surface area contributed by atoms with Crippen LogP contribution in [0.15, 0.2) is 24.7 Å². The molecule has 0 radical (unpaired) electrons. The molecule has 15 nitrogen and oxygen atoms in total. The van der Waals surface area contributed by atoms with Crippen LogP contribution >= 0.6 is 0 Å². The normalized spacial score (nSPS) is 17.6. The number of aromatic nitrogens is 5. The highest BCUT2D eigenvalue weighted by molar-refractivity contribution is 6.10. The summed E-state index contributed by atoms with van der Waals surface area (Å²) in [7, 11) is 0. The lowest BCUT2D eigenvalue weighted by molar-refractivity contribution is -0.118. The zero-order valence-electron chi connectivity index (χ0n) is 18.5. The summed E-state index contributed by atoms with van der Waals surface area (Å²) in [6.45, 7) is -0.303. The second-order valence-electron chi connectivity index (χ2n) is 8.10. The molecule has 0 saturated heterocycles. The van der Waals surface area contributed by atoms with E-state index in [0.29, 0.717) is 12.2 Å². The molecule has 3 heterocycles. The molecule has 3 aromatic heterocycles. The predicted octanol–water partition coefficient (Wildman–Crippen LogP) is -0.247. The van der Waals surface area contributed by atoms with Crippen molar-refractivity contribution in [1.29, 1.82) is 0 Å². The van der Waals surface area contributed by atoms with Gasteiger partial charge in [0, 0.05) is 18.4 Å². The molecule has 15 heteroatoms. The van der Waals surface area contributed by atoms with Crippen LogP contribution in [0, 0.1) is 0 Å². The molecule has 0 unspecified atom stereocenters. The molecule has 4 amide bonds. The van der Waals surface area contributed by atoms with Crippen LogP contribution in [0.1, 0.15) is 46.5 Å². The van der Waals surface area contributed by atoms with Crippen LogP contribution in [-0.2, 0) is 11.3 Å². The Morgan fingerprint density at radius 3 is 2.57 bits per heavy atom. The number of fused-ring (bicyclic) bond motifs is 1. The van der Waals surface area contributed by atoms with Gasteiger partial charge in [-0.25, -0.2) is 14.3 Å². The molecule has 184 valence electrons. The van der Waals surface area contributed by atoms with Gasteiger partial charge in [0.15, 0.2) is 11.3 Å². The zero-order chi connectivity index (χ0) is 25.1. The number of hydrogen-bond donors (Lipinski definition) is 6. The van der Waals surface area contributed by atoms with Gasteiger partial charge in [-0.1, -0.05) is 12.8 Å². The molecule has 0 aromatic carbocycles. The first-order valence-electron chi connectivity index (χ1n) is 10.8. The van der Waals surface area contributed by atoms with Gasteiger partial charge >= 0.3 is 6.09 Å². The Morgan fingerprint density at radius 2 is 1.89 bits per heavy atom. The first-order valence-corrected chi connectivity index (χ1v) is 10.8. The summed E-state index contributed by atoms with van der Waals surface area (Å²) in [5.41, 5.74) is 10.6. The summed E-state index contributed by atoms with van der Waals surface area (Å²) in [6, 6.07) is 1.24. The number of primary amides is 2. The van der Waals surface area contributed by atoms with Gasteiger partial charge in [-0.05, 0) is 18.9 Å². The summed E-state index contributed by atoms with van der Waals surface area (Å²) in [4.78, 5) is 51.5. The third kappa shape index (κ3) is 5.29. The van der Waals surface area contributed by atoms with Crippen molar-refractivity contribution in [2.45, 2.75) is 44.3 Å². The minimum atomic E-state index is -1.09. The number of rotatable bonds is 8. The van der Waals surface area contributed by atoms with Crippen LogP contribution in [-0.4, -0.2) is 65.4 Å². The van der Waals surface area contributed by atoms with Crippen LogP contribution in [0.4, 0.5) is 16.3 Å². The smallest absolute Gasteiger partial charge is 0.404 e. The molecule has 8 N–H and O–H groups in total. The molecule has 35 heavy (non-hydrogen) atoms. The van der Waals surface area contributed by atoms with Crippen molar-refractivity contribution < 1.29 is 24.3 Å². The van der Waals surface area contributed by atoms with Gasteiger partial charge in [-0.15, -0.1) is 0 Å². The van der Waals surface area contributed by atoms with Crippen LogP contribution in [0.25, 0.3) is 5.65 Å². The van der Waals surface area contributed by atoms with E-state index in [-0.39, 0.29) is 41.2 Å². The van der Waals surface area contributed by atoms with E-state index in [1.54, 1.807) is 12.3 Å². The first-order chi connectivity index (χ1) is 16.7. The van der Waals surface area contributed by atoms with Gasteiger partial charge in [0.2, 0.25) is 5.91 Å². The fourth-order valence-corrected chi connectivity index (χ4v) is 4.06. The number of nitrogens with zero attached hydrogens (tertiary/aromatic N) is 5. The number of nitrogens with two attached hydrogens (primary N) is 2. The molecule has 3 aromatic rings. The van der Waals surface area contributed by atoms with Crippen LogP contribution in [0.2, 0.25) is 0 Å². The Hall–Kier alpha value is -4.69. The third-order valence-corrected chi connectivity index (χ3v) is 5.58. The lowest BCUT2D eigenvalue weighted by atomic mass is 9.90. The molecule has 1 aliphatic carbocycles. The Morgan fingerprint density at radius 1 is 1.14 bits per heavy atom. The zero-order valence-corrected chi connectivity index (χ0v) is 18.5. The van der Waals surface area contributed by atoms with E-state index in [2.05, 4.69) is 31.1 Å². The predicted molar refractivity (Wildman–Crippen MR) is 122 cm³/mol. The summed E-state index contributed by atoms with van der Waals surface area (Å²) in [5.74, 6) is -1.77. The quantitative estimate of drug-likeness (QED) is 0.247. The highest BCUT2D eigenvalue weighted by Gasteiger charge is 2.27. The van der Waals surface area contributed by atoms with Crippen molar-refractivity contribution >= 4 is 41.0 Å². The second kappa shape index (κ2) is 9.66. The van der Waals surface area contributed by atoms with Gasteiger partial charge in [0.25, 0.3) is 11.8 Å². The molecule has 1 saturated carbocycles. The van der Waals surface area contributed by atoms with E-state index in [4.69, 9.17) is 16.6 Å². The first kappa shape index (κ1) is 23.5. The van der Waals surface area contributed by atoms with Crippen molar-refractivity contribution in [3.63, 3.8) is 0 Å². The maximum Gasteiger partial charge on any atom is 0.404 e. The van der Waals surface area contributed by atoms with E-state index in [1.165, 1.54) is 16.9 Å². The van der Waals surface area contributed by atoms with Crippen LogP contribution < -0.4 is 27.4 Å². The highest BCUT2D eigenvalue weighted by atomic mass is 16.4. The topological polar surface area (TPSA) is 225 Å². The van der Waals surface area contributed by atoms with E-state index in [1.807, 2.05) is 0 Å². The molecule has 1 aliphatic rings. The number of anilines is 2. The van der Waals surface area contributed by atoms with Gasteiger partial charge in [-0.3, -0.25) is 19.1 Å². The Balaban J connectivity index is 1.56. The van der Waals surface area contributed by atoms with Crippen molar-refractivity contribution in [2.75, 3.05) is 10.6 Å². The number of carboxylic acid groups (broad SMARTS) is 1.